The minimum Gasteiger partial charge on any atom is -0.309 e. The maximum absolute atomic E-state index is 15.4. The van der Waals surface area contributed by atoms with Gasteiger partial charge in [-0.3, -0.25) is 0 Å². The number of hydrogen-bond donors (Lipinski definition) is 0. The molecule has 1 aromatic heterocycles. The van der Waals surface area contributed by atoms with Gasteiger partial charge in [-0.1, -0.05) is 176 Å². The fourth-order valence-corrected chi connectivity index (χ4v) is 10.2. The molecule has 9 rings (SSSR count). The third-order valence-corrected chi connectivity index (χ3v) is 12.9. The number of fused-ring (bicyclic) bond motifs is 4. The summed E-state index contributed by atoms with van der Waals surface area (Å²) >= 11 is 0. The zero-order chi connectivity index (χ0) is 33.5. The van der Waals surface area contributed by atoms with E-state index in [2.05, 4.69) is 121 Å². The molecule has 236 valence electrons. The Hall–Kier alpha value is -6.08. The summed E-state index contributed by atoms with van der Waals surface area (Å²) in [5.74, 6) is 0. The Morgan fingerprint density at radius 3 is 1.60 bits per heavy atom. The molecule has 0 spiro atoms. The minimum absolute atomic E-state index is 0.834. The minimum atomic E-state index is -3.16. The van der Waals surface area contributed by atoms with E-state index < -0.39 is 7.14 Å². The Morgan fingerprint density at radius 1 is 0.400 bits per heavy atom. The quantitative estimate of drug-likeness (QED) is 0.132. The molecule has 2 nitrogen and oxygen atoms in total. The molecule has 50 heavy (non-hydrogen) atoms. The molecule has 0 atom stereocenters. The number of hydrogen-bond acceptors (Lipinski definition) is 2. The van der Waals surface area contributed by atoms with Gasteiger partial charge >= 0.3 is 0 Å². The second kappa shape index (κ2) is 12.4. The zero-order valence-corrected chi connectivity index (χ0v) is 28.2. The van der Waals surface area contributed by atoms with E-state index in [0.717, 1.165) is 71.1 Å². The van der Waals surface area contributed by atoms with Gasteiger partial charge in [-0.25, -0.2) is 4.98 Å². The van der Waals surface area contributed by atoms with E-state index >= 15 is 4.57 Å². The van der Waals surface area contributed by atoms with E-state index in [-0.39, 0.29) is 0 Å². The number of nitrogens with zero attached hydrogens (tertiary/aromatic N) is 1. The van der Waals surface area contributed by atoms with Gasteiger partial charge in [0.1, 0.15) is 0 Å². The molecule has 0 aliphatic carbocycles. The van der Waals surface area contributed by atoms with Crippen LogP contribution in [-0.4, -0.2) is 4.98 Å². The van der Waals surface area contributed by atoms with Gasteiger partial charge in [0.15, 0.2) is 7.14 Å². The Balaban J connectivity index is 1.20. The number of rotatable bonds is 6. The normalized spacial score (nSPS) is 11.7. The highest BCUT2D eigenvalue weighted by molar-refractivity contribution is 7.85. The second-order valence-electron chi connectivity index (χ2n) is 12.6. The predicted molar refractivity (Wildman–Crippen MR) is 212 cm³/mol. The lowest BCUT2D eigenvalue weighted by molar-refractivity contribution is 0.592. The van der Waals surface area contributed by atoms with Gasteiger partial charge < -0.3 is 4.57 Å². The summed E-state index contributed by atoms with van der Waals surface area (Å²) < 4.78 is 15.4. The van der Waals surface area contributed by atoms with Crippen molar-refractivity contribution in [3.05, 3.63) is 194 Å². The molecule has 0 saturated heterocycles. The molecule has 8 aromatic carbocycles. The van der Waals surface area contributed by atoms with Crippen molar-refractivity contribution in [2.45, 2.75) is 0 Å². The van der Waals surface area contributed by atoms with E-state index in [1.54, 1.807) is 0 Å². The van der Waals surface area contributed by atoms with E-state index in [4.69, 9.17) is 4.98 Å². The number of aromatic nitrogens is 1. The van der Waals surface area contributed by atoms with Crippen LogP contribution < -0.4 is 15.9 Å². The SMILES string of the molecule is O=P(c1ccccc1)(c1ccccc1)c1ccc(-c2ccc(-c3cc(-c4ccccc4)nc4ccc5ccccc5c34)cc2)c2ccccc12. The summed E-state index contributed by atoms with van der Waals surface area (Å²) in [4.78, 5) is 5.13. The van der Waals surface area contributed by atoms with Crippen molar-refractivity contribution in [2.24, 2.45) is 0 Å². The number of pyridine rings is 1. The largest absolute Gasteiger partial charge is 0.309 e. The van der Waals surface area contributed by atoms with Crippen LogP contribution in [0.25, 0.3) is 66.0 Å². The number of benzene rings is 8. The Bertz CT molecular complexity index is 2660. The van der Waals surface area contributed by atoms with Crippen molar-refractivity contribution >= 4 is 55.5 Å². The van der Waals surface area contributed by atoms with Gasteiger partial charge in [-0.15, -0.1) is 0 Å². The average molecular weight is 658 g/mol. The Labute approximate surface area is 291 Å². The van der Waals surface area contributed by atoms with Crippen LogP contribution in [0.1, 0.15) is 0 Å². The first-order valence-electron chi connectivity index (χ1n) is 16.9. The average Bonchev–Trinajstić information content (AvgIpc) is 3.20. The van der Waals surface area contributed by atoms with Crippen molar-refractivity contribution < 1.29 is 4.57 Å². The van der Waals surface area contributed by atoms with Crippen LogP contribution in [0.2, 0.25) is 0 Å². The molecule has 0 unspecified atom stereocenters. The molecule has 0 aliphatic rings. The van der Waals surface area contributed by atoms with E-state index in [1.165, 1.54) is 10.8 Å². The van der Waals surface area contributed by atoms with Gasteiger partial charge in [0, 0.05) is 26.9 Å². The highest BCUT2D eigenvalue weighted by atomic mass is 31.2. The van der Waals surface area contributed by atoms with Crippen molar-refractivity contribution in [3.63, 3.8) is 0 Å². The van der Waals surface area contributed by atoms with E-state index in [1.807, 2.05) is 72.8 Å². The molecular weight excluding hydrogens is 625 g/mol. The Kier molecular flexibility index (Phi) is 7.46. The van der Waals surface area contributed by atoms with Crippen LogP contribution in [0.4, 0.5) is 0 Å². The van der Waals surface area contributed by atoms with Gasteiger partial charge in [0.2, 0.25) is 0 Å². The van der Waals surface area contributed by atoms with Crippen LogP contribution in [0.5, 0.6) is 0 Å². The predicted octanol–water partition coefficient (Wildman–Crippen LogP) is 11.2. The van der Waals surface area contributed by atoms with Crippen LogP contribution in [-0.2, 0) is 4.57 Å². The van der Waals surface area contributed by atoms with E-state index in [9.17, 15) is 0 Å². The van der Waals surface area contributed by atoms with Gasteiger partial charge in [-0.05, 0) is 62.0 Å². The molecule has 0 fully saturated rings. The molecule has 0 radical (unpaired) electrons. The summed E-state index contributed by atoms with van der Waals surface area (Å²) in [6, 6.07) is 66.7. The van der Waals surface area contributed by atoms with Crippen LogP contribution in [0, 0.1) is 0 Å². The van der Waals surface area contributed by atoms with Gasteiger partial charge in [0.05, 0.1) is 11.2 Å². The highest BCUT2D eigenvalue weighted by Crippen LogP contribution is 2.46. The monoisotopic (exact) mass is 657 g/mol. The lowest BCUT2D eigenvalue weighted by atomic mass is 9.92. The van der Waals surface area contributed by atoms with Gasteiger partial charge in [-0.2, -0.15) is 0 Å². The smallest absolute Gasteiger partial charge is 0.171 e. The first kappa shape index (κ1) is 30.0. The topological polar surface area (TPSA) is 30.0 Å². The van der Waals surface area contributed by atoms with Crippen LogP contribution in [0.3, 0.4) is 0 Å². The second-order valence-corrected chi connectivity index (χ2v) is 15.4. The van der Waals surface area contributed by atoms with Crippen molar-refractivity contribution in [1.29, 1.82) is 0 Å². The maximum atomic E-state index is 15.4. The summed E-state index contributed by atoms with van der Waals surface area (Å²) in [7, 11) is -3.16. The first-order valence-corrected chi connectivity index (χ1v) is 18.6. The molecule has 3 heteroatoms. The van der Waals surface area contributed by atoms with E-state index in [0.29, 0.717) is 0 Å². The molecule has 9 aromatic rings. The first-order chi connectivity index (χ1) is 24.7. The van der Waals surface area contributed by atoms with Crippen molar-refractivity contribution in [2.75, 3.05) is 0 Å². The van der Waals surface area contributed by atoms with Gasteiger partial charge in [0.25, 0.3) is 0 Å². The summed E-state index contributed by atoms with van der Waals surface area (Å²) in [6.45, 7) is 0. The summed E-state index contributed by atoms with van der Waals surface area (Å²) in [5.41, 5.74) is 7.53. The summed E-state index contributed by atoms with van der Waals surface area (Å²) in [6.07, 6.45) is 0. The fourth-order valence-electron chi connectivity index (χ4n) is 7.33. The fraction of sp³-hybridized carbons (Fsp3) is 0. The Morgan fingerprint density at radius 2 is 0.940 bits per heavy atom. The molecule has 0 amide bonds. The summed E-state index contributed by atoms with van der Waals surface area (Å²) in [5, 5.41) is 8.15. The van der Waals surface area contributed by atoms with Crippen molar-refractivity contribution in [3.8, 4) is 33.5 Å². The molecule has 0 N–H and O–H groups in total. The molecule has 0 aliphatic heterocycles. The molecular formula is C47H32NOP. The standard InChI is InChI=1S/C47H32NOP/c49-50(37-17-6-2-7-18-37,38-19-8-3-9-20-38)46-31-29-39(41-22-12-13-23-42(41)46)34-24-26-35(27-25-34)43-32-45(36-15-4-1-5-16-36)48-44-30-28-33-14-10-11-21-40(33)47(43)44/h1-32H. The lowest BCUT2D eigenvalue weighted by Crippen LogP contribution is -2.25. The third-order valence-electron chi connectivity index (χ3n) is 9.75. The molecule has 1 heterocycles. The lowest BCUT2D eigenvalue weighted by Gasteiger charge is -2.22. The molecule has 0 saturated carbocycles. The van der Waals surface area contributed by atoms with Crippen LogP contribution in [0.15, 0.2) is 194 Å². The van der Waals surface area contributed by atoms with Crippen molar-refractivity contribution in [1.82, 2.24) is 4.98 Å². The zero-order valence-electron chi connectivity index (χ0n) is 27.3. The van der Waals surface area contributed by atoms with Crippen LogP contribution >= 0.6 is 7.14 Å². The maximum Gasteiger partial charge on any atom is 0.171 e. The molecule has 0 bridgehead atoms. The highest BCUT2D eigenvalue weighted by Gasteiger charge is 2.31. The third kappa shape index (κ3) is 5.05.